The van der Waals surface area contributed by atoms with Gasteiger partial charge in [0.1, 0.15) is 5.78 Å². The summed E-state index contributed by atoms with van der Waals surface area (Å²) in [5.74, 6) is 0.935. The van der Waals surface area contributed by atoms with Crippen LogP contribution in [-0.2, 0) is 18.9 Å². The second kappa shape index (κ2) is 15.3. The molecule has 54 heavy (non-hydrogen) atoms. The molecule has 6 unspecified atom stereocenters. The van der Waals surface area contributed by atoms with E-state index in [2.05, 4.69) is 20.0 Å². The smallest absolute Gasteiger partial charge is 0.257 e. The van der Waals surface area contributed by atoms with Crippen LogP contribution in [0.3, 0.4) is 0 Å². The number of aromatic nitrogens is 4. The Hall–Kier alpha value is -4.53. The summed E-state index contributed by atoms with van der Waals surface area (Å²) in [6.45, 7) is 5.58. The molecule has 2 amide bonds. The number of hydrogen-bond donors (Lipinski definition) is 0. The maximum absolute atomic E-state index is 14.0. The molecule has 2 aliphatic heterocycles. The van der Waals surface area contributed by atoms with E-state index in [0.717, 1.165) is 72.4 Å². The zero-order valence-corrected chi connectivity index (χ0v) is 32.5. The average Bonchev–Trinajstić information content (AvgIpc) is 3.81. The molecule has 2 saturated carbocycles. The minimum absolute atomic E-state index is 0.0907. The van der Waals surface area contributed by atoms with Gasteiger partial charge in [-0.05, 0) is 74.3 Å². The van der Waals surface area contributed by atoms with Crippen molar-refractivity contribution in [1.29, 1.82) is 0 Å². The van der Waals surface area contributed by atoms with Gasteiger partial charge in [-0.25, -0.2) is 0 Å². The molecule has 0 bridgehead atoms. The van der Waals surface area contributed by atoms with Crippen molar-refractivity contribution >= 4 is 17.6 Å². The lowest BCUT2D eigenvalue weighted by molar-refractivity contribution is -0.121. The monoisotopic (exact) mass is 728 g/mol. The molecule has 0 N–H and O–H groups in total. The third-order valence-electron chi connectivity index (χ3n) is 13.6. The first-order valence-corrected chi connectivity index (χ1v) is 20.6. The number of aryl methyl sites for hydroxylation is 2. The molecule has 6 atom stereocenters. The number of carbonyl (C=O) groups is 3. The number of nitrogens with zero attached hydrogens (tertiary/aromatic N) is 6. The van der Waals surface area contributed by atoms with Crippen molar-refractivity contribution < 1.29 is 14.4 Å². The topological polar surface area (TPSA) is 93.3 Å². The Balaban J connectivity index is 0.956. The highest BCUT2D eigenvalue weighted by atomic mass is 16.2. The van der Waals surface area contributed by atoms with Crippen molar-refractivity contribution in [2.45, 2.75) is 115 Å². The van der Waals surface area contributed by atoms with Crippen molar-refractivity contribution in [3.63, 3.8) is 0 Å². The Morgan fingerprint density at radius 3 is 1.33 bits per heavy atom. The van der Waals surface area contributed by atoms with E-state index >= 15 is 0 Å². The van der Waals surface area contributed by atoms with Gasteiger partial charge in [0, 0.05) is 62.2 Å². The standard InChI is InChI=1S/C45H56N6O3/c1-29(31-17-21-35(22-18-31)41-37(27-46-48(41)3)44(53)50-25-9-13-33-11-5-7-15-39(33)50)43(52)30(2)32-19-23-36(24-20-32)42-38(28-47-49(42)4)45(54)51-26-10-14-34-12-6-8-16-40(34)51/h17-24,27-30,33-34,39-40H,5-16,25-26H2,1-4H3. The number of benzene rings is 2. The van der Waals surface area contributed by atoms with Crippen LogP contribution in [0.5, 0.6) is 0 Å². The zero-order valence-electron chi connectivity index (χ0n) is 32.5. The Kier molecular flexibility index (Phi) is 10.3. The van der Waals surface area contributed by atoms with E-state index in [4.69, 9.17) is 0 Å². The van der Waals surface area contributed by atoms with Gasteiger partial charge in [-0.15, -0.1) is 0 Å². The van der Waals surface area contributed by atoms with Crippen LogP contribution in [0.4, 0.5) is 0 Å². The number of ketones is 1. The average molecular weight is 729 g/mol. The maximum atomic E-state index is 14.0. The lowest BCUT2D eigenvalue weighted by Crippen LogP contribution is -2.49. The van der Waals surface area contributed by atoms with Crippen LogP contribution in [0.1, 0.15) is 135 Å². The number of piperidine rings is 2. The Morgan fingerprint density at radius 2 is 0.926 bits per heavy atom. The highest BCUT2D eigenvalue weighted by Crippen LogP contribution is 2.39. The molecule has 2 aromatic carbocycles. The molecule has 2 saturated heterocycles. The second-order valence-corrected chi connectivity index (χ2v) is 16.7. The number of Topliss-reactive ketones (excluding diaryl/α,β-unsaturated/α-hetero) is 1. The zero-order chi connectivity index (χ0) is 37.5. The van der Waals surface area contributed by atoms with Gasteiger partial charge in [-0.2, -0.15) is 10.2 Å². The SMILES string of the molecule is CC(C(=O)C(C)c1ccc(-c2c(C(=O)N3CCCC4CCCCC43)cnn2C)cc1)c1ccc(-c2c(C(=O)N3CCCC4CCCCC43)cnn2C)cc1. The van der Waals surface area contributed by atoms with E-state index in [0.29, 0.717) is 35.0 Å². The molecular formula is C45H56N6O3. The molecule has 2 aliphatic carbocycles. The third kappa shape index (κ3) is 6.72. The molecule has 0 radical (unpaired) electrons. The first kappa shape index (κ1) is 36.4. The van der Waals surface area contributed by atoms with Crippen LogP contribution >= 0.6 is 0 Å². The highest BCUT2D eigenvalue weighted by molar-refractivity contribution is 6.01. The van der Waals surface area contributed by atoms with Crippen LogP contribution in [0.2, 0.25) is 0 Å². The Morgan fingerprint density at radius 1 is 0.556 bits per heavy atom. The lowest BCUT2D eigenvalue weighted by atomic mass is 9.78. The molecule has 284 valence electrons. The summed E-state index contributed by atoms with van der Waals surface area (Å²) < 4.78 is 3.60. The molecule has 8 rings (SSSR count). The fourth-order valence-electron chi connectivity index (χ4n) is 10.5. The third-order valence-corrected chi connectivity index (χ3v) is 13.6. The summed E-state index contributed by atoms with van der Waals surface area (Å²) in [5.41, 5.74) is 6.70. The molecule has 9 nitrogen and oxygen atoms in total. The fourth-order valence-corrected chi connectivity index (χ4v) is 10.5. The molecule has 0 spiro atoms. The molecule has 4 aliphatic rings. The van der Waals surface area contributed by atoms with E-state index in [9.17, 15) is 14.4 Å². The highest BCUT2D eigenvalue weighted by Gasteiger charge is 2.39. The number of likely N-dealkylation sites (tertiary alicyclic amines) is 2. The van der Waals surface area contributed by atoms with Gasteiger partial charge in [-0.3, -0.25) is 23.7 Å². The van der Waals surface area contributed by atoms with Gasteiger partial charge >= 0.3 is 0 Å². The first-order valence-electron chi connectivity index (χ1n) is 20.6. The fraction of sp³-hybridized carbons (Fsp3) is 0.533. The van der Waals surface area contributed by atoms with E-state index in [1.807, 2.05) is 76.5 Å². The van der Waals surface area contributed by atoms with Gasteiger partial charge in [0.15, 0.2) is 0 Å². The van der Waals surface area contributed by atoms with Gasteiger partial charge in [-0.1, -0.05) is 88.1 Å². The van der Waals surface area contributed by atoms with Crippen LogP contribution < -0.4 is 0 Å². The number of hydrogen-bond acceptors (Lipinski definition) is 5. The van der Waals surface area contributed by atoms with Gasteiger partial charge in [0.2, 0.25) is 0 Å². The summed E-state index contributed by atoms with van der Waals surface area (Å²) >= 11 is 0. The second-order valence-electron chi connectivity index (χ2n) is 16.7. The number of fused-ring (bicyclic) bond motifs is 2. The minimum Gasteiger partial charge on any atom is -0.335 e. The van der Waals surface area contributed by atoms with E-state index < -0.39 is 0 Å². The first-order chi connectivity index (χ1) is 26.2. The van der Waals surface area contributed by atoms with Crippen molar-refractivity contribution in [2.24, 2.45) is 25.9 Å². The summed E-state index contributed by atoms with van der Waals surface area (Å²) in [5, 5.41) is 9.05. The summed E-state index contributed by atoms with van der Waals surface area (Å²) in [4.78, 5) is 46.2. The maximum Gasteiger partial charge on any atom is 0.257 e. The summed E-state index contributed by atoms with van der Waals surface area (Å²) in [6.07, 6.45) is 17.6. The normalized spacial score (nSPS) is 24.0. The van der Waals surface area contributed by atoms with E-state index in [1.54, 1.807) is 21.8 Å². The largest absolute Gasteiger partial charge is 0.335 e. The van der Waals surface area contributed by atoms with Gasteiger partial charge in [0.25, 0.3) is 11.8 Å². The van der Waals surface area contributed by atoms with Gasteiger partial charge < -0.3 is 9.80 Å². The number of rotatable bonds is 8. The summed E-state index contributed by atoms with van der Waals surface area (Å²) in [6, 6.07) is 16.9. The molecule has 2 aromatic heterocycles. The molecule has 4 fully saturated rings. The molecular weight excluding hydrogens is 673 g/mol. The van der Waals surface area contributed by atoms with Crippen molar-refractivity contribution in [1.82, 2.24) is 29.4 Å². The predicted octanol–water partition coefficient (Wildman–Crippen LogP) is 8.55. The lowest BCUT2D eigenvalue weighted by Gasteiger charge is -2.44. The van der Waals surface area contributed by atoms with E-state index in [-0.39, 0.29) is 29.4 Å². The Bertz CT molecular complexity index is 1850. The van der Waals surface area contributed by atoms with Crippen LogP contribution in [0, 0.1) is 11.8 Å². The minimum atomic E-state index is -0.313. The number of amides is 2. The van der Waals surface area contributed by atoms with Crippen molar-refractivity contribution in [3.05, 3.63) is 83.2 Å². The van der Waals surface area contributed by atoms with Crippen LogP contribution in [0.25, 0.3) is 22.5 Å². The van der Waals surface area contributed by atoms with Crippen molar-refractivity contribution in [3.8, 4) is 22.5 Å². The quantitative estimate of drug-likeness (QED) is 0.181. The Labute approximate surface area is 320 Å². The molecule has 9 heteroatoms. The van der Waals surface area contributed by atoms with Crippen molar-refractivity contribution in [2.75, 3.05) is 13.1 Å². The predicted molar refractivity (Wildman–Crippen MR) is 211 cm³/mol. The van der Waals surface area contributed by atoms with Gasteiger partial charge in [0.05, 0.1) is 34.9 Å². The number of carbonyl (C=O) groups excluding carboxylic acids is 3. The van der Waals surface area contributed by atoms with Crippen LogP contribution in [-0.4, -0.2) is 72.1 Å². The van der Waals surface area contributed by atoms with E-state index in [1.165, 1.54) is 51.4 Å². The van der Waals surface area contributed by atoms with Crippen LogP contribution in [0.15, 0.2) is 60.9 Å². The molecule has 4 heterocycles. The summed E-state index contributed by atoms with van der Waals surface area (Å²) in [7, 11) is 3.79. The molecule has 4 aromatic rings.